The Kier molecular flexibility index (Phi) is 6.99. The van der Waals surface area contributed by atoms with Gasteiger partial charge in [-0.25, -0.2) is 0 Å². The van der Waals surface area contributed by atoms with Gasteiger partial charge in [-0.3, -0.25) is 4.99 Å². The second kappa shape index (κ2) is 12.4. The number of anilines is 3. The minimum atomic E-state index is 0.505. The first-order valence-corrected chi connectivity index (χ1v) is 20.2. The van der Waals surface area contributed by atoms with Gasteiger partial charge < -0.3 is 9.32 Å². The van der Waals surface area contributed by atoms with Crippen LogP contribution in [-0.4, -0.2) is 5.71 Å². The van der Waals surface area contributed by atoms with Gasteiger partial charge in [0.05, 0.1) is 16.8 Å². The predicted octanol–water partition coefficient (Wildman–Crippen LogP) is 15.0. The smallest absolute Gasteiger partial charge is 0.137 e. The van der Waals surface area contributed by atoms with Gasteiger partial charge in [-0.1, -0.05) is 121 Å². The van der Waals surface area contributed by atoms with Gasteiger partial charge in [-0.05, 0) is 106 Å². The topological polar surface area (TPSA) is 28.7 Å². The Morgan fingerprint density at radius 1 is 0.500 bits per heavy atom. The van der Waals surface area contributed by atoms with Crippen molar-refractivity contribution in [2.45, 2.75) is 12.3 Å². The molecule has 2 aliphatic rings. The van der Waals surface area contributed by atoms with Gasteiger partial charge in [0.15, 0.2) is 0 Å². The minimum absolute atomic E-state index is 0.505. The highest BCUT2D eigenvalue weighted by Gasteiger charge is 2.46. The van der Waals surface area contributed by atoms with Gasteiger partial charge in [0.2, 0.25) is 0 Å². The van der Waals surface area contributed by atoms with Crippen LogP contribution >= 0.6 is 11.3 Å². The van der Waals surface area contributed by atoms with Crippen LogP contribution in [0.5, 0.6) is 0 Å². The molecule has 0 N–H and O–H groups in total. The molecule has 0 bridgehead atoms. The maximum atomic E-state index is 6.44. The molecule has 4 heteroatoms. The molecule has 0 saturated heterocycles. The number of aliphatic imine (C=N–C) groups is 1. The fourth-order valence-corrected chi connectivity index (χ4v) is 10.2. The largest absolute Gasteiger partial charge is 0.456 e. The van der Waals surface area contributed by atoms with Crippen LogP contribution in [0.4, 0.5) is 22.7 Å². The van der Waals surface area contributed by atoms with Crippen LogP contribution in [0, 0.1) is 5.92 Å². The summed E-state index contributed by atoms with van der Waals surface area (Å²) < 4.78 is 9.10. The van der Waals surface area contributed by atoms with Crippen LogP contribution < -0.4 is 4.90 Å². The number of hydrogen-bond donors (Lipinski definition) is 0. The molecule has 56 heavy (non-hydrogen) atoms. The number of rotatable bonds is 6. The molecule has 264 valence electrons. The highest BCUT2D eigenvalue weighted by atomic mass is 32.1. The Morgan fingerprint density at radius 3 is 1.96 bits per heavy atom. The second-order valence-corrected chi connectivity index (χ2v) is 16.1. The van der Waals surface area contributed by atoms with Crippen molar-refractivity contribution in [2.75, 3.05) is 4.90 Å². The van der Waals surface area contributed by atoms with Crippen LogP contribution in [-0.2, 0) is 0 Å². The van der Waals surface area contributed by atoms with Gasteiger partial charge in [0.25, 0.3) is 0 Å². The zero-order valence-electron chi connectivity index (χ0n) is 30.4. The van der Waals surface area contributed by atoms with Gasteiger partial charge in [-0.15, -0.1) is 11.3 Å². The van der Waals surface area contributed by atoms with Crippen LogP contribution in [0.1, 0.15) is 23.5 Å². The molecule has 1 fully saturated rings. The van der Waals surface area contributed by atoms with E-state index in [1.54, 1.807) is 0 Å². The van der Waals surface area contributed by atoms with E-state index in [9.17, 15) is 0 Å². The van der Waals surface area contributed by atoms with E-state index in [2.05, 4.69) is 187 Å². The molecule has 0 amide bonds. The lowest BCUT2D eigenvalue weighted by Gasteiger charge is -2.26. The Bertz CT molecular complexity index is 3160. The summed E-state index contributed by atoms with van der Waals surface area (Å²) in [4.78, 5) is 7.71. The SMILES string of the molecule is c1ccc(C2=Nc3c(ccc4oc5ccc(-c6ccc(N(c7ccccc7)c7ccc(-c8cccc9c8sc8ccccc89)cc7)cc6)cc5c34)C3CC23)cc1. The van der Waals surface area contributed by atoms with E-state index in [-0.39, 0.29) is 0 Å². The number of benzene rings is 8. The molecule has 2 atom stereocenters. The fraction of sp³-hybridized carbons (Fsp3) is 0.0577. The Hall–Kier alpha value is -6.75. The number of nitrogens with zero attached hydrogens (tertiary/aromatic N) is 2. The predicted molar refractivity (Wildman–Crippen MR) is 236 cm³/mol. The third-order valence-electron chi connectivity index (χ3n) is 11.8. The van der Waals surface area contributed by atoms with Gasteiger partial charge in [-0.2, -0.15) is 0 Å². The van der Waals surface area contributed by atoms with Crippen molar-refractivity contribution in [3.8, 4) is 22.3 Å². The summed E-state index contributed by atoms with van der Waals surface area (Å²) in [6, 6.07) is 65.6. The number of hydrogen-bond acceptors (Lipinski definition) is 4. The highest BCUT2D eigenvalue weighted by molar-refractivity contribution is 7.26. The van der Waals surface area contributed by atoms with Gasteiger partial charge in [0, 0.05) is 48.5 Å². The second-order valence-electron chi connectivity index (χ2n) is 15.0. The Morgan fingerprint density at radius 2 is 1.16 bits per heavy atom. The van der Waals surface area contributed by atoms with Crippen LogP contribution in [0.2, 0.25) is 0 Å². The highest BCUT2D eigenvalue weighted by Crippen LogP contribution is 2.58. The molecule has 1 saturated carbocycles. The van der Waals surface area contributed by atoms with Crippen molar-refractivity contribution in [1.29, 1.82) is 0 Å². The number of fused-ring (bicyclic) bond motifs is 10. The first kappa shape index (κ1) is 31.6. The van der Waals surface area contributed by atoms with E-state index in [0.717, 1.165) is 62.2 Å². The van der Waals surface area contributed by atoms with Crippen molar-refractivity contribution >= 4 is 81.9 Å². The molecule has 2 unspecified atom stereocenters. The first-order chi connectivity index (χ1) is 27.7. The summed E-state index contributed by atoms with van der Waals surface area (Å²) in [5.74, 6) is 1.03. The minimum Gasteiger partial charge on any atom is -0.456 e. The van der Waals surface area contributed by atoms with Crippen molar-refractivity contribution in [3.63, 3.8) is 0 Å². The molecule has 10 aromatic rings. The third kappa shape index (κ3) is 4.99. The fourth-order valence-electron chi connectivity index (χ4n) is 8.99. The lowest BCUT2D eigenvalue weighted by molar-refractivity contribution is 0.669. The maximum Gasteiger partial charge on any atom is 0.137 e. The Labute approximate surface area is 328 Å². The van der Waals surface area contributed by atoms with Gasteiger partial charge in [0.1, 0.15) is 11.2 Å². The lowest BCUT2D eigenvalue weighted by atomic mass is 9.94. The Balaban J connectivity index is 0.911. The quantitative estimate of drug-likeness (QED) is 0.170. The number of furan rings is 1. The molecular formula is C52H34N2OS. The number of para-hydroxylation sites is 1. The average molecular weight is 735 g/mol. The molecule has 1 aliphatic carbocycles. The molecule has 12 rings (SSSR count). The molecule has 8 aromatic carbocycles. The zero-order valence-corrected chi connectivity index (χ0v) is 31.2. The zero-order chi connectivity index (χ0) is 36.7. The van der Waals surface area contributed by atoms with Crippen LogP contribution in [0.3, 0.4) is 0 Å². The molecule has 0 spiro atoms. The normalized spacial score (nSPS) is 15.9. The standard InChI is InChI=1S/C52H34N2OS/c1-3-10-34(11-4-1)50-44-31-43(44)41-27-29-47-49(51(41)53-50)45-30-35(22-28-46(45)55-47)32-18-23-37(24-19-32)54(36-12-5-2-6-13-36)38-25-20-33(21-26-38)39-15-9-16-42-40-14-7-8-17-48(40)56-52(39)42/h1-30,43-44H,31H2. The molecular weight excluding hydrogens is 701 g/mol. The summed E-state index contributed by atoms with van der Waals surface area (Å²) in [5, 5.41) is 4.88. The van der Waals surface area contributed by atoms with E-state index >= 15 is 0 Å². The summed E-state index contributed by atoms with van der Waals surface area (Å²) in [6.45, 7) is 0. The van der Waals surface area contributed by atoms with E-state index in [1.807, 2.05) is 11.3 Å². The maximum absolute atomic E-state index is 6.44. The third-order valence-corrected chi connectivity index (χ3v) is 13.0. The molecule has 3 heterocycles. The lowest BCUT2D eigenvalue weighted by Crippen LogP contribution is -2.09. The van der Waals surface area contributed by atoms with Crippen molar-refractivity contribution in [2.24, 2.45) is 10.9 Å². The van der Waals surface area contributed by atoms with Crippen LogP contribution in [0.25, 0.3) is 64.4 Å². The van der Waals surface area contributed by atoms with Gasteiger partial charge >= 0.3 is 0 Å². The van der Waals surface area contributed by atoms with E-state index in [1.165, 1.54) is 48.1 Å². The first-order valence-electron chi connectivity index (χ1n) is 19.3. The van der Waals surface area contributed by atoms with E-state index < -0.39 is 0 Å². The molecule has 0 radical (unpaired) electrons. The summed E-state index contributed by atoms with van der Waals surface area (Å²) in [7, 11) is 0. The monoisotopic (exact) mass is 734 g/mol. The molecule has 3 nitrogen and oxygen atoms in total. The van der Waals surface area contributed by atoms with Crippen molar-refractivity contribution in [1.82, 2.24) is 0 Å². The van der Waals surface area contributed by atoms with Crippen LogP contribution in [0.15, 0.2) is 191 Å². The average Bonchev–Trinajstić information content (AvgIpc) is 3.85. The summed E-state index contributed by atoms with van der Waals surface area (Å²) >= 11 is 1.87. The van der Waals surface area contributed by atoms with E-state index in [0.29, 0.717) is 11.8 Å². The van der Waals surface area contributed by atoms with Crippen molar-refractivity contribution < 1.29 is 4.42 Å². The van der Waals surface area contributed by atoms with E-state index in [4.69, 9.17) is 9.41 Å². The summed E-state index contributed by atoms with van der Waals surface area (Å²) in [6.07, 6.45) is 1.16. The molecule has 1 aliphatic heterocycles. The number of thiophene rings is 1. The van der Waals surface area contributed by atoms with Crippen molar-refractivity contribution in [3.05, 3.63) is 193 Å². The molecule has 2 aromatic heterocycles. The summed E-state index contributed by atoms with van der Waals surface area (Å²) in [5.41, 5.74) is 14.8.